The molecule has 0 saturated carbocycles. The highest BCUT2D eigenvalue weighted by Crippen LogP contribution is 2.06. The number of methoxy groups -OCH3 is 1. The number of nitrogens with zero attached hydrogens (tertiary/aromatic N) is 2. The lowest BCUT2D eigenvalue weighted by molar-refractivity contribution is -0.114. The molecule has 1 N–H and O–H groups in total. The molecule has 2 aromatic rings. The van der Waals surface area contributed by atoms with Gasteiger partial charge in [0.05, 0.1) is 18.9 Å². The van der Waals surface area contributed by atoms with Crippen molar-refractivity contribution in [2.24, 2.45) is 0 Å². The molecule has 0 atom stereocenters. The van der Waals surface area contributed by atoms with Gasteiger partial charge in [0, 0.05) is 13.1 Å². The number of carbonyl (C=O) groups excluding carboxylic acids is 2. The number of fused-ring (bicyclic) bond motifs is 1. The summed E-state index contributed by atoms with van der Waals surface area (Å²) in [4.78, 5) is 38.5. The van der Waals surface area contributed by atoms with Crippen LogP contribution in [-0.4, -0.2) is 28.4 Å². The Balaban J connectivity index is 2.62. The van der Waals surface area contributed by atoms with Gasteiger partial charge >= 0.3 is 5.97 Å². The number of ether oxygens (including phenoxy) is 1. The zero-order chi connectivity index (χ0) is 14.0. The van der Waals surface area contributed by atoms with Crippen molar-refractivity contribution in [1.82, 2.24) is 9.38 Å². The molecule has 1 amide bonds. The zero-order valence-corrected chi connectivity index (χ0v) is 10.3. The summed E-state index contributed by atoms with van der Waals surface area (Å²) in [6.07, 6.45) is 2.60. The van der Waals surface area contributed by atoms with Crippen molar-refractivity contribution >= 4 is 23.2 Å². The predicted molar refractivity (Wildman–Crippen MR) is 67.1 cm³/mol. The molecule has 2 heterocycles. The van der Waals surface area contributed by atoms with Crippen LogP contribution < -0.4 is 10.9 Å². The Kier molecular flexibility index (Phi) is 3.28. The molecule has 0 spiro atoms. The largest absolute Gasteiger partial charge is 0.465 e. The lowest BCUT2D eigenvalue weighted by Crippen LogP contribution is -2.22. The first-order valence-corrected chi connectivity index (χ1v) is 5.40. The minimum atomic E-state index is -0.557. The number of hydrogen-bond acceptors (Lipinski definition) is 5. The van der Waals surface area contributed by atoms with Crippen LogP contribution in [0, 0.1) is 0 Å². The molecular weight excluding hydrogens is 250 g/mol. The second-order valence-electron chi connectivity index (χ2n) is 3.80. The van der Waals surface area contributed by atoms with Gasteiger partial charge < -0.3 is 10.1 Å². The summed E-state index contributed by atoms with van der Waals surface area (Å²) in [5.41, 5.74) is 0.170. The summed E-state index contributed by atoms with van der Waals surface area (Å²) in [7, 11) is 1.25. The van der Waals surface area contributed by atoms with Crippen molar-refractivity contribution in [2.45, 2.75) is 6.92 Å². The first kappa shape index (κ1) is 12.7. The maximum Gasteiger partial charge on any atom is 0.339 e. The average molecular weight is 261 g/mol. The van der Waals surface area contributed by atoms with Crippen molar-refractivity contribution in [3.63, 3.8) is 0 Å². The van der Waals surface area contributed by atoms with E-state index >= 15 is 0 Å². The molecule has 0 saturated heterocycles. The highest BCUT2D eigenvalue weighted by Gasteiger charge is 2.10. The van der Waals surface area contributed by atoms with Crippen molar-refractivity contribution in [3.05, 3.63) is 40.4 Å². The van der Waals surface area contributed by atoms with Crippen LogP contribution in [0.15, 0.2) is 29.3 Å². The SMILES string of the molecule is COC(=O)c1ccc2ncc(NC(C)=O)c(=O)n2c1. The van der Waals surface area contributed by atoms with Crippen LogP contribution in [0.2, 0.25) is 0 Å². The predicted octanol–water partition coefficient (Wildman–Crippen LogP) is 0.439. The Morgan fingerprint density at radius 1 is 1.37 bits per heavy atom. The smallest absolute Gasteiger partial charge is 0.339 e. The molecule has 0 aliphatic rings. The number of amides is 1. The number of rotatable bonds is 2. The third-order valence-corrected chi connectivity index (χ3v) is 2.43. The quantitative estimate of drug-likeness (QED) is 0.792. The monoisotopic (exact) mass is 261 g/mol. The van der Waals surface area contributed by atoms with Gasteiger partial charge in [0.25, 0.3) is 5.56 Å². The van der Waals surface area contributed by atoms with Gasteiger partial charge in [-0.3, -0.25) is 14.0 Å². The van der Waals surface area contributed by atoms with E-state index in [9.17, 15) is 14.4 Å². The summed E-state index contributed by atoms with van der Waals surface area (Å²) < 4.78 is 5.75. The van der Waals surface area contributed by atoms with E-state index in [-0.39, 0.29) is 17.2 Å². The van der Waals surface area contributed by atoms with Crippen molar-refractivity contribution in [3.8, 4) is 0 Å². The third-order valence-electron chi connectivity index (χ3n) is 2.43. The standard InChI is InChI=1S/C12H11N3O4/c1-7(16)14-9-5-13-10-4-3-8(12(18)19-2)6-15(10)11(9)17/h3-6H,1-2H3,(H,14,16). The lowest BCUT2D eigenvalue weighted by Gasteiger charge is -2.06. The number of carbonyl (C=O) groups is 2. The van der Waals surface area contributed by atoms with Crippen molar-refractivity contribution in [2.75, 3.05) is 12.4 Å². The van der Waals surface area contributed by atoms with E-state index in [1.165, 1.54) is 43.0 Å². The maximum absolute atomic E-state index is 12.1. The van der Waals surface area contributed by atoms with Crippen LogP contribution in [0.3, 0.4) is 0 Å². The number of aromatic nitrogens is 2. The van der Waals surface area contributed by atoms with Gasteiger partial charge in [0.1, 0.15) is 11.3 Å². The molecule has 19 heavy (non-hydrogen) atoms. The molecule has 0 bridgehead atoms. The highest BCUT2D eigenvalue weighted by atomic mass is 16.5. The fourth-order valence-corrected chi connectivity index (χ4v) is 1.59. The van der Waals surface area contributed by atoms with Gasteiger partial charge in [0.15, 0.2) is 0 Å². The summed E-state index contributed by atoms with van der Waals surface area (Å²) >= 11 is 0. The van der Waals surface area contributed by atoms with E-state index in [0.717, 1.165) is 0 Å². The van der Waals surface area contributed by atoms with Crippen LogP contribution in [0.5, 0.6) is 0 Å². The molecule has 98 valence electrons. The summed E-state index contributed by atoms with van der Waals surface area (Å²) in [5, 5.41) is 2.38. The number of nitrogens with one attached hydrogen (secondary N) is 1. The molecule has 2 aromatic heterocycles. The molecule has 7 heteroatoms. The highest BCUT2D eigenvalue weighted by molar-refractivity contribution is 5.90. The fraction of sp³-hybridized carbons (Fsp3) is 0.167. The average Bonchev–Trinajstić information content (AvgIpc) is 2.40. The summed E-state index contributed by atoms with van der Waals surface area (Å²) in [6, 6.07) is 3.02. The Morgan fingerprint density at radius 2 is 2.11 bits per heavy atom. The van der Waals surface area contributed by atoms with E-state index in [0.29, 0.717) is 5.65 Å². The molecule has 0 fully saturated rings. The Bertz CT molecular complexity index is 720. The van der Waals surface area contributed by atoms with Crippen LogP contribution in [-0.2, 0) is 9.53 Å². The van der Waals surface area contributed by atoms with Crippen LogP contribution in [0.4, 0.5) is 5.69 Å². The van der Waals surface area contributed by atoms with E-state index < -0.39 is 11.5 Å². The minimum Gasteiger partial charge on any atom is -0.465 e. The molecule has 0 aliphatic carbocycles. The first-order chi connectivity index (χ1) is 9.02. The molecule has 0 aliphatic heterocycles. The topological polar surface area (TPSA) is 89.8 Å². The number of hydrogen-bond donors (Lipinski definition) is 1. The van der Waals surface area contributed by atoms with E-state index in [1.54, 1.807) is 0 Å². The third kappa shape index (κ3) is 2.44. The van der Waals surface area contributed by atoms with E-state index in [2.05, 4.69) is 15.0 Å². The Hall–Kier alpha value is -2.70. The van der Waals surface area contributed by atoms with Crippen molar-refractivity contribution in [1.29, 1.82) is 0 Å². The Labute approximate surface area is 107 Å². The van der Waals surface area contributed by atoms with Crippen LogP contribution in [0.1, 0.15) is 17.3 Å². The van der Waals surface area contributed by atoms with Gasteiger partial charge in [-0.25, -0.2) is 9.78 Å². The zero-order valence-electron chi connectivity index (χ0n) is 10.3. The number of pyridine rings is 1. The Morgan fingerprint density at radius 3 is 2.74 bits per heavy atom. The number of anilines is 1. The summed E-state index contributed by atoms with van der Waals surface area (Å²) in [5.74, 6) is -0.929. The molecule has 2 rings (SSSR count). The van der Waals surface area contributed by atoms with Gasteiger partial charge in [-0.1, -0.05) is 0 Å². The second-order valence-corrected chi connectivity index (χ2v) is 3.80. The normalized spacial score (nSPS) is 10.2. The molecular formula is C12H11N3O4. The molecule has 0 radical (unpaired) electrons. The fourth-order valence-electron chi connectivity index (χ4n) is 1.59. The molecule has 0 aromatic carbocycles. The second kappa shape index (κ2) is 4.89. The van der Waals surface area contributed by atoms with E-state index in [1.807, 2.05) is 0 Å². The van der Waals surface area contributed by atoms with Crippen molar-refractivity contribution < 1.29 is 14.3 Å². The minimum absolute atomic E-state index is 0.0482. The maximum atomic E-state index is 12.1. The van der Waals surface area contributed by atoms with Gasteiger partial charge in [-0.2, -0.15) is 0 Å². The van der Waals surface area contributed by atoms with Gasteiger partial charge in [-0.05, 0) is 12.1 Å². The van der Waals surface area contributed by atoms with E-state index in [4.69, 9.17) is 0 Å². The lowest BCUT2D eigenvalue weighted by atomic mass is 10.3. The van der Waals surface area contributed by atoms with Crippen LogP contribution in [0.25, 0.3) is 5.65 Å². The molecule has 0 unspecified atom stereocenters. The number of esters is 1. The van der Waals surface area contributed by atoms with Gasteiger partial charge in [-0.15, -0.1) is 0 Å². The van der Waals surface area contributed by atoms with Gasteiger partial charge in [0.2, 0.25) is 5.91 Å². The molecule has 7 nitrogen and oxygen atoms in total. The summed E-state index contributed by atoms with van der Waals surface area (Å²) in [6.45, 7) is 1.29. The van der Waals surface area contributed by atoms with Crippen LogP contribution >= 0.6 is 0 Å². The first-order valence-electron chi connectivity index (χ1n) is 5.40.